The highest BCUT2D eigenvalue weighted by Crippen LogP contribution is 2.30. The zero-order chi connectivity index (χ0) is 14.1. The molecule has 20 heavy (non-hydrogen) atoms. The predicted molar refractivity (Wildman–Crippen MR) is 87.6 cm³/mol. The van der Waals surface area contributed by atoms with Crippen molar-refractivity contribution >= 4 is 27.8 Å². The lowest BCUT2D eigenvalue weighted by molar-refractivity contribution is 0.892. The van der Waals surface area contributed by atoms with Gasteiger partial charge in [-0.1, -0.05) is 36.4 Å². The summed E-state index contributed by atoms with van der Waals surface area (Å²) in [5, 5.41) is 7.28. The largest absolute Gasteiger partial charge is 0.377 e. The van der Waals surface area contributed by atoms with Gasteiger partial charge in [0.15, 0.2) is 0 Å². The molecule has 0 bridgehead atoms. The number of benzene rings is 2. The van der Waals surface area contributed by atoms with Gasteiger partial charge in [-0.05, 0) is 32.2 Å². The molecule has 0 amide bonds. The fraction of sp³-hybridized carbons (Fsp3) is 0.235. The van der Waals surface area contributed by atoms with Crippen LogP contribution >= 0.6 is 11.3 Å². The second-order valence-corrected chi connectivity index (χ2v) is 6.31. The van der Waals surface area contributed by atoms with E-state index in [0.29, 0.717) is 0 Å². The third kappa shape index (κ3) is 2.41. The molecule has 3 rings (SSSR count). The maximum Gasteiger partial charge on any atom is 0.0900 e. The van der Waals surface area contributed by atoms with E-state index < -0.39 is 0 Å². The molecule has 1 heterocycles. The topological polar surface area (TPSA) is 24.9 Å². The molecular formula is C17H18N2S. The van der Waals surface area contributed by atoms with Gasteiger partial charge in [0.05, 0.1) is 16.7 Å². The number of hydrogen-bond donors (Lipinski definition) is 1. The van der Waals surface area contributed by atoms with Crippen LogP contribution in [0.1, 0.15) is 28.5 Å². The molecule has 0 aliphatic heterocycles. The number of nitrogens with zero attached hydrogens (tertiary/aromatic N) is 1. The van der Waals surface area contributed by atoms with Gasteiger partial charge < -0.3 is 5.32 Å². The van der Waals surface area contributed by atoms with E-state index in [1.54, 1.807) is 11.3 Å². The molecule has 2 aromatic carbocycles. The van der Waals surface area contributed by atoms with Crippen molar-refractivity contribution in [1.29, 1.82) is 0 Å². The number of aromatic nitrogens is 1. The van der Waals surface area contributed by atoms with Crippen LogP contribution in [0.15, 0.2) is 42.5 Å². The summed E-state index contributed by atoms with van der Waals surface area (Å²) in [5.41, 5.74) is 2.31. The summed E-state index contributed by atoms with van der Waals surface area (Å²) >= 11 is 1.77. The van der Waals surface area contributed by atoms with E-state index >= 15 is 0 Å². The molecule has 0 radical (unpaired) electrons. The minimum atomic E-state index is 0.270. The summed E-state index contributed by atoms with van der Waals surface area (Å²) in [6.07, 6.45) is 0. The molecule has 1 atom stereocenters. The van der Waals surface area contributed by atoms with E-state index in [9.17, 15) is 0 Å². The summed E-state index contributed by atoms with van der Waals surface area (Å²) in [6, 6.07) is 15.1. The normalized spacial score (nSPS) is 12.6. The maximum absolute atomic E-state index is 4.51. The molecule has 102 valence electrons. The van der Waals surface area contributed by atoms with E-state index in [-0.39, 0.29) is 6.04 Å². The van der Waals surface area contributed by atoms with E-state index in [4.69, 9.17) is 0 Å². The Morgan fingerprint density at radius 1 is 1.05 bits per heavy atom. The molecule has 3 heteroatoms. The summed E-state index contributed by atoms with van der Waals surface area (Å²) in [5.74, 6) is 0. The third-order valence-electron chi connectivity index (χ3n) is 3.49. The van der Waals surface area contributed by atoms with Crippen molar-refractivity contribution in [2.24, 2.45) is 0 Å². The van der Waals surface area contributed by atoms with Crippen LogP contribution in [0.5, 0.6) is 0 Å². The third-order valence-corrected chi connectivity index (χ3v) is 4.75. The number of rotatable bonds is 3. The van der Waals surface area contributed by atoms with Gasteiger partial charge in [0.2, 0.25) is 0 Å². The number of hydrogen-bond acceptors (Lipinski definition) is 3. The molecular weight excluding hydrogens is 264 g/mol. The Balaban J connectivity index is 1.95. The fourth-order valence-electron chi connectivity index (χ4n) is 2.60. The van der Waals surface area contributed by atoms with E-state index in [1.165, 1.54) is 21.3 Å². The molecule has 0 fully saturated rings. The van der Waals surface area contributed by atoms with Gasteiger partial charge in [-0.15, -0.1) is 11.3 Å². The predicted octanol–water partition coefficient (Wildman–Crippen LogP) is 5.09. The average molecular weight is 282 g/mol. The van der Waals surface area contributed by atoms with Crippen LogP contribution in [-0.4, -0.2) is 4.98 Å². The van der Waals surface area contributed by atoms with Gasteiger partial charge in [-0.2, -0.15) is 0 Å². The molecule has 3 aromatic rings. The van der Waals surface area contributed by atoms with Crippen LogP contribution in [-0.2, 0) is 0 Å². The van der Waals surface area contributed by atoms with Crippen LogP contribution in [0, 0.1) is 13.8 Å². The average Bonchev–Trinajstić information content (AvgIpc) is 2.78. The van der Waals surface area contributed by atoms with E-state index in [2.05, 4.69) is 73.5 Å². The summed E-state index contributed by atoms with van der Waals surface area (Å²) < 4.78 is 0. The Labute approximate surface area is 123 Å². The number of thiazole rings is 1. The number of anilines is 1. The van der Waals surface area contributed by atoms with Gasteiger partial charge in [-0.3, -0.25) is 0 Å². The first kappa shape index (κ1) is 13.1. The second-order valence-electron chi connectivity index (χ2n) is 5.08. The lowest BCUT2D eigenvalue weighted by Gasteiger charge is -2.16. The van der Waals surface area contributed by atoms with Crippen molar-refractivity contribution in [3.63, 3.8) is 0 Å². The maximum atomic E-state index is 4.51. The lowest BCUT2D eigenvalue weighted by Crippen LogP contribution is -2.06. The van der Waals surface area contributed by atoms with Gasteiger partial charge >= 0.3 is 0 Å². The molecule has 1 aromatic heterocycles. The SMILES string of the molecule is Cc1nc(C)c(C(C)Nc2cccc3ccccc23)s1. The minimum Gasteiger partial charge on any atom is -0.377 e. The van der Waals surface area contributed by atoms with E-state index in [0.717, 1.165) is 10.7 Å². The quantitative estimate of drug-likeness (QED) is 0.724. The summed E-state index contributed by atoms with van der Waals surface area (Å²) in [7, 11) is 0. The molecule has 0 saturated carbocycles. The monoisotopic (exact) mass is 282 g/mol. The van der Waals surface area contributed by atoms with Crippen molar-refractivity contribution in [1.82, 2.24) is 4.98 Å². The van der Waals surface area contributed by atoms with E-state index in [1.807, 2.05) is 0 Å². The highest BCUT2D eigenvalue weighted by molar-refractivity contribution is 7.11. The number of aryl methyl sites for hydroxylation is 2. The Morgan fingerprint density at radius 3 is 2.55 bits per heavy atom. The molecule has 2 nitrogen and oxygen atoms in total. The lowest BCUT2D eigenvalue weighted by atomic mass is 10.1. The zero-order valence-electron chi connectivity index (χ0n) is 12.0. The molecule has 0 aliphatic carbocycles. The standard InChI is InChI=1S/C17H18N2S/c1-11-17(20-13(3)18-11)12(2)19-16-10-6-8-14-7-4-5-9-15(14)16/h4-10,12,19H,1-3H3. The van der Waals surface area contributed by atoms with Crippen molar-refractivity contribution < 1.29 is 0 Å². The first-order valence-corrected chi connectivity index (χ1v) is 7.65. The summed E-state index contributed by atoms with van der Waals surface area (Å²) in [6.45, 7) is 6.34. The molecule has 0 aliphatic rings. The van der Waals surface area contributed by atoms with Gasteiger partial charge in [0.25, 0.3) is 0 Å². The second kappa shape index (κ2) is 5.25. The van der Waals surface area contributed by atoms with Crippen LogP contribution in [0.4, 0.5) is 5.69 Å². The first-order chi connectivity index (χ1) is 9.65. The molecule has 1 N–H and O–H groups in total. The smallest absolute Gasteiger partial charge is 0.0900 e. The Hall–Kier alpha value is -1.87. The van der Waals surface area contributed by atoms with Crippen molar-refractivity contribution in [3.05, 3.63) is 58.0 Å². The highest BCUT2D eigenvalue weighted by Gasteiger charge is 2.13. The van der Waals surface area contributed by atoms with Crippen LogP contribution in [0.3, 0.4) is 0 Å². The molecule has 0 saturated heterocycles. The van der Waals surface area contributed by atoms with Crippen molar-refractivity contribution in [2.75, 3.05) is 5.32 Å². The molecule has 0 spiro atoms. The van der Waals surface area contributed by atoms with Gasteiger partial charge in [-0.25, -0.2) is 4.98 Å². The Bertz CT molecular complexity index is 740. The molecule has 1 unspecified atom stereocenters. The number of nitrogens with one attached hydrogen (secondary N) is 1. The minimum absolute atomic E-state index is 0.270. The van der Waals surface area contributed by atoms with Crippen LogP contribution in [0.25, 0.3) is 10.8 Å². The van der Waals surface area contributed by atoms with Crippen LogP contribution in [0.2, 0.25) is 0 Å². The Morgan fingerprint density at radius 2 is 1.80 bits per heavy atom. The fourth-order valence-corrected chi connectivity index (χ4v) is 3.53. The first-order valence-electron chi connectivity index (χ1n) is 6.83. The zero-order valence-corrected chi connectivity index (χ0v) is 12.8. The van der Waals surface area contributed by atoms with Crippen LogP contribution < -0.4 is 5.32 Å². The van der Waals surface area contributed by atoms with Gasteiger partial charge in [0, 0.05) is 16.0 Å². The van der Waals surface area contributed by atoms with Gasteiger partial charge in [0.1, 0.15) is 0 Å². The van der Waals surface area contributed by atoms with Crippen molar-refractivity contribution in [2.45, 2.75) is 26.8 Å². The van der Waals surface area contributed by atoms with Crippen molar-refractivity contribution in [3.8, 4) is 0 Å². The number of fused-ring (bicyclic) bond motifs is 1. The Kier molecular flexibility index (Phi) is 3.45. The summed E-state index contributed by atoms with van der Waals surface area (Å²) in [4.78, 5) is 5.83. The highest BCUT2D eigenvalue weighted by atomic mass is 32.1.